The molecule has 0 bridgehead atoms. The molecule has 0 spiro atoms. The van der Waals surface area contributed by atoms with Crippen molar-refractivity contribution in [2.75, 3.05) is 0 Å². The van der Waals surface area contributed by atoms with E-state index in [9.17, 15) is 18.0 Å². The number of thiazole rings is 1. The van der Waals surface area contributed by atoms with E-state index >= 15 is 0 Å². The number of hydrogen-bond acceptors (Lipinski definition) is 3. The van der Waals surface area contributed by atoms with Gasteiger partial charge in [-0.1, -0.05) is 0 Å². The van der Waals surface area contributed by atoms with Crippen molar-refractivity contribution >= 4 is 17.1 Å². The quantitative estimate of drug-likeness (QED) is 0.764. The van der Waals surface area contributed by atoms with Crippen LogP contribution in [-0.2, 0) is 0 Å². The summed E-state index contributed by atoms with van der Waals surface area (Å²) in [6.45, 7) is 3.46. The maximum atomic E-state index is 11.9. The van der Waals surface area contributed by atoms with Crippen molar-refractivity contribution in [1.82, 2.24) is 4.98 Å². The van der Waals surface area contributed by atoms with Gasteiger partial charge in [0.2, 0.25) is 0 Å². The number of Topliss-reactive ketones (excluding diaryl/α,β-unsaturated/α-hetero) is 1. The molecule has 1 heterocycles. The number of aryl methyl sites for hydroxylation is 2. The van der Waals surface area contributed by atoms with Crippen molar-refractivity contribution < 1.29 is 18.0 Å². The van der Waals surface area contributed by atoms with Crippen LogP contribution in [0.2, 0.25) is 0 Å². The molecule has 0 amide bonds. The molecule has 0 saturated heterocycles. The van der Waals surface area contributed by atoms with Crippen LogP contribution in [0.4, 0.5) is 13.2 Å². The fraction of sp³-hybridized carbons (Fsp3) is 0.600. The molecule has 0 aliphatic heterocycles. The summed E-state index contributed by atoms with van der Waals surface area (Å²) in [6.07, 6.45) is -5.31. The molecular formula is C10H12F3NOS. The summed E-state index contributed by atoms with van der Waals surface area (Å²) in [6, 6.07) is 0. The summed E-state index contributed by atoms with van der Waals surface area (Å²) in [7, 11) is 0. The first-order valence-corrected chi connectivity index (χ1v) is 5.65. The SMILES string of the molecule is Cc1nc(C)c(C(=O)CCCC(F)(F)F)s1. The van der Waals surface area contributed by atoms with E-state index in [1.807, 2.05) is 0 Å². The molecule has 90 valence electrons. The molecule has 2 nitrogen and oxygen atoms in total. The van der Waals surface area contributed by atoms with Crippen LogP contribution in [0.1, 0.15) is 39.6 Å². The lowest BCUT2D eigenvalue weighted by Crippen LogP contribution is -2.08. The average molecular weight is 251 g/mol. The van der Waals surface area contributed by atoms with E-state index in [2.05, 4.69) is 4.98 Å². The van der Waals surface area contributed by atoms with E-state index in [0.29, 0.717) is 10.6 Å². The number of rotatable bonds is 4. The summed E-state index contributed by atoms with van der Waals surface area (Å²) in [4.78, 5) is 16.1. The Labute approximate surface area is 95.5 Å². The largest absolute Gasteiger partial charge is 0.389 e. The minimum atomic E-state index is -4.18. The second kappa shape index (κ2) is 4.95. The first kappa shape index (κ1) is 13.2. The molecule has 0 unspecified atom stereocenters. The standard InChI is InChI=1S/C10H12F3NOS/c1-6-9(16-7(2)14-6)8(15)4-3-5-10(11,12)13/h3-5H2,1-2H3. The van der Waals surface area contributed by atoms with Crippen LogP contribution in [0.3, 0.4) is 0 Å². The van der Waals surface area contributed by atoms with E-state index in [1.54, 1.807) is 13.8 Å². The highest BCUT2D eigenvalue weighted by atomic mass is 32.1. The van der Waals surface area contributed by atoms with Gasteiger partial charge in [0.15, 0.2) is 5.78 Å². The van der Waals surface area contributed by atoms with Crippen molar-refractivity contribution in [3.8, 4) is 0 Å². The van der Waals surface area contributed by atoms with E-state index < -0.39 is 12.6 Å². The Morgan fingerprint density at radius 1 is 1.38 bits per heavy atom. The molecule has 0 N–H and O–H groups in total. The molecule has 1 aromatic rings. The van der Waals surface area contributed by atoms with Gasteiger partial charge in [0.1, 0.15) is 0 Å². The molecule has 6 heteroatoms. The second-order valence-corrected chi connectivity index (χ2v) is 4.74. The maximum absolute atomic E-state index is 11.9. The van der Waals surface area contributed by atoms with Crippen LogP contribution in [0.5, 0.6) is 0 Å². The van der Waals surface area contributed by atoms with Gasteiger partial charge in [-0.05, 0) is 20.3 Å². The monoisotopic (exact) mass is 251 g/mol. The zero-order valence-corrected chi connectivity index (χ0v) is 9.84. The first-order valence-electron chi connectivity index (χ1n) is 4.83. The van der Waals surface area contributed by atoms with Crippen LogP contribution in [-0.4, -0.2) is 16.9 Å². The third-order valence-electron chi connectivity index (χ3n) is 2.02. The zero-order valence-electron chi connectivity index (χ0n) is 9.02. The van der Waals surface area contributed by atoms with Crippen LogP contribution >= 0.6 is 11.3 Å². The Morgan fingerprint density at radius 3 is 2.44 bits per heavy atom. The van der Waals surface area contributed by atoms with Gasteiger partial charge < -0.3 is 0 Å². The highest BCUT2D eigenvalue weighted by molar-refractivity contribution is 7.13. The molecule has 1 aromatic heterocycles. The van der Waals surface area contributed by atoms with Crippen molar-refractivity contribution in [1.29, 1.82) is 0 Å². The predicted molar refractivity (Wildman–Crippen MR) is 55.8 cm³/mol. The smallest absolute Gasteiger partial charge is 0.293 e. The average Bonchev–Trinajstić information content (AvgIpc) is 2.43. The van der Waals surface area contributed by atoms with Gasteiger partial charge >= 0.3 is 6.18 Å². The Balaban J connectivity index is 2.51. The lowest BCUT2D eigenvalue weighted by Gasteiger charge is -2.04. The van der Waals surface area contributed by atoms with E-state index in [1.165, 1.54) is 11.3 Å². The fourth-order valence-electron chi connectivity index (χ4n) is 1.35. The van der Waals surface area contributed by atoms with Gasteiger partial charge in [-0.15, -0.1) is 11.3 Å². The van der Waals surface area contributed by atoms with Crippen molar-refractivity contribution in [3.63, 3.8) is 0 Å². The second-order valence-electron chi connectivity index (χ2n) is 3.54. The van der Waals surface area contributed by atoms with Crippen LogP contribution in [0.25, 0.3) is 0 Å². The minimum Gasteiger partial charge on any atom is -0.293 e. The maximum Gasteiger partial charge on any atom is 0.389 e. The molecule has 0 radical (unpaired) electrons. The molecule has 16 heavy (non-hydrogen) atoms. The molecule has 0 aromatic carbocycles. The van der Waals surface area contributed by atoms with Gasteiger partial charge in [0.05, 0.1) is 15.6 Å². The fourth-order valence-corrected chi connectivity index (χ4v) is 2.24. The van der Waals surface area contributed by atoms with Crippen LogP contribution in [0, 0.1) is 13.8 Å². The van der Waals surface area contributed by atoms with E-state index in [-0.39, 0.29) is 18.6 Å². The number of halogens is 3. The van der Waals surface area contributed by atoms with Crippen molar-refractivity contribution in [2.24, 2.45) is 0 Å². The molecule has 1 rings (SSSR count). The summed E-state index contributed by atoms with van der Waals surface area (Å²) < 4.78 is 35.6. The zero-order chi connectivity index (χ0) is 12.3. The molecule has 0 aliphatic carbocycles. The topological polar surface area (TPSA) is 30.0 Å². The molecule has 0 saturated carbocycles. The Bertz CT molecular complexity index is 384. The van der Waals surface area contributed by atoms with Gasteiger partial charge in [-0.3, -0.25) is 4.79 Å². The Hall–Kier alpha value is -0.910. The van der Waals surface area contributed by atoms with Gasteiger partial charge in [0, 0.05) is 12.8 Å². The lowest BCUT2D eigenvalue weighted by atomic mass is 10.1. The van der Waals surface area contributed by atoms with Crippen molar-refractivity contribution in [3.05, 3.63) is 15.6 Å². The third-order valence-corrected chi connectivity index (χ3v) is 3.13. The highest BCUT2D eigenvalue weighted by Gasteiger charge is 2.27. The number of hydrogen-bond donors (Lipinski definition) is 0. The molecule has 0 fully saturated rings. The van der Waals surface area contributed by atoms with Crippen molar-refractivity contribution in [2.45, 2.75) is 39.3 Å². The van der Waals surface area contributed by atoms with Gasteiger partial charge in [0.25, 0.3) is 0 Å². The minimum absolute atomic E-state index is 0.0675. The van der Waals surface area contributed by atoms with E-state index in [0.717, 1.165) is 5.01 Å². The first-order chi connectivity index (χ1) is 7.29. The summed E-state index contributed by atoms with van der Waals surface area (Å²) in [5, 5.41) is 0.761. The number of aromatic nitrogens is 1. The third kappa shape index (κ3) is 3.92. The summed E-state index contributed by atoms with van der Waals surface area (Å²) >= 11 is 1.24. The molecule has 0 atom stereocenters. The Morgan fingerprint density at radius 2 is 2.00 bits per heavy atom. The number of carbonyl (C=O) groups excluding carboxylic acids is 1. The predicted octanol–water partition coefficient (Wildman–Crippen LogP) is 3.68. The molecular weight excluding hydrogens is 239 g/mol. The lowest BCUT2D eigenvalue weighted by molar-refractivity contribution is -0.135. The number of alkyl halides is 3. The molecule has 0 aliphatic rings. The van der Waals surface area contributed by atoms with Crippen LogP contribution in [0.15, 0.2) is 0 Å². The normalized spacial score (nSPS) is 11.8. The Kier molecular flexibility index (Phi) is 4.07. The van der Waals surface area contributed by atoms with E-state index in [4.69, 9.17) is 0 Å². The van der Waals surface area contributed by atoms with Gasteiger partial charge in [-0.2, -0.15) is 13.2 Å². The summed E-state index contributed by atoms with van der Waals surface area (Å²) in [5.74, 6) is -0.243. The van der Waals surface area contributed by atoms with Gasteiger partial charge in [-0.25, -0.2) is 4.98 Å². The number of nitrogens with zero attached hydrogens (tertiary/aromatic N) is 1. The number of carbonyl (C=O) groups is 1. The summed E-state index contributed by atoms with van der Waals surface area (Å²) in [5.41, 5.74) is 0.611. The highest BCUT2D eigenvalue weighted by Crippen LogP contribution is 2.24. The number of ketones is 1. The van der Waals surface area contributed by atoms with Crippen LogP contribution < -0.4 is 0 Å².